The predicted molar refractivity (Wildman–Crippen MR) is 134 cm³/mol. The number of sulfonamides is 1. The van der Waals surface area contributed by atoms with E-state index in [0.717, 1.165) is 48.5 Å². The van der Waals surface area contributed by atoms with Gasteiger partial charge in [-0.25, -0.2) is 29.6 Å². The van der Waals surface area contributed by atoms with Crippen LogP contribution < -0.4 is 0 Å². The van der Waals surface area contributed by atoms with Crippen LogP contribution in [0.5, 0.6) is 0 Å². The van der Waals surface area contributed by atoms with Gasteiger partial charge < -0.3 is 0 Å². The number of sulfone groups is 2. The molecule has 10 nitrogen and oxygen atoms in total. The molecule has 1 aliphatic rings. The fraction of sp³-hybridized carbons (Fsp3) is 0.160. The molecule has 1 saturated heterocycles. The highest BCUT2D eigenvalue weighted by Gasteiger charge is 2.51. The maximum Gasteiger partial charge on any atom is 0.243 e. The molecule has 0 amide bonds. The van der Waals surface area contributed by atoms with Crippen molar-refractivity contribution in [2.75, 3.05) is 13.1 Å². The summed E-state index contributed by atoms with van der Waals surface area (Å²) in [5, 5.41) is 13.8. The molecule has 2 atom stereocenters. The standard InChI is InChI=1S/C25H18FN3O7S3/c26-19-5-11-22(12-6-19)39(35,36)29-15-23(37(31,32)20-7-1-17(13-27)2-8-20)25(30)24(16-29)38(33,34)21-9-3-18(14-28)4-10-21/h1-12,23-24H,15-16H2. The van der Waals surface area contributed by atoms with Gasteiger partial charge in [0.1, 0.15) is 16.3 Å². The fourth-order valence-electron chi connectivity index (χ4n) is 4.05. The van der Waals surface area contributed by atoms with Crippen LogP contribution in [0.1, 0.15) is 11.1 Å². The van der Waals surface area contributed by atoms with Gasteiger partial charge in [0, 0.05) is 13.1 Å². The van der Waals surface area contributed by atoms with Gasteiger partial charge in [-0.2, -0.15) is 14.8 Å². The quantitative estimate of drug-likeness (QED) is 0.417. The van der Waals surface area contributed by atoms with E-state index in [4.69, 9.17) is 10.5 Å². The predicted octanol–water partition coefficient (Wildman–Crippen LogP) is 1.83. The highest BCUT2D eigenvalue weighted by Crippen LogP contribution is 2.31. The molecule has 0 saturated carbocycles. The van der Waals surface area contributed by atoms with Crippen molar-refractivity contribution >= 4 is 35.5 Å². The highest BCUT2D eigenvalue weighted by atomic mass is 32.2. The molecule has 0 N–H and O–H groups in total. The van der Waals surface area contributed by atoms with Crippen molar-refractivity contribution in [1.82, 2.24) is 4.31 Å². The number of nitriles is 2. The zero-order chi connectivity index (χ0) is 28.6. The average Bonchev–Trinajstić information content (AvgIpc) is 2.93. The van der Waals surface area contributed by atoms with Gasteiger partial charge in [-0.3, -0.25) is 4.79 Å². The summed E-state index contributed by atoms with van der Waals surface area (Å²) in [5.74, 6) is -1.96. The number of ketones is 1. The number of Topliss-reactive ketones (excluding diaryl/α,β-unsaturated/α-hetero) is 1. The van der Waals surface area contributed by atoms with E-state index in [1.54, 1.807) is 0 Å². The minimum absolute atomic E-state index is 0.130. The second-order valence-corrected chi connectivity index (χ2v) is 14.7. The van der Waals surface area contributed by atoms with E-state index in [1.165, 1.54) is 24.3 Å². The maximum atomic E-state index is 13.5. The van der Waals surface area contributed by atoms with Gasteiger partial charge in [0.2, 0.25) is 10.0 Å². The maximum absolute atomic E-state index is 13.5. The van der Waals surface area contributed by atoms with Crippen LogP contribution in [-0.4, -0.2) is 58.9 Å². The SMILES string of the molecule is N#Cc1ccc(S(=O)(=O)C2CN(S(=O)(=O)c3ccc(F)cc3)CC(S(=O)(=O)c3ccc(C#N)cc3)C2=O)cc1. The van der Waals surface area contributed by atoms with Crippen LogP contribution in [0.25, 0.3) is 0 Å². The minimum atomic E-state index is -4.64. The van der Waals surface area contributed by atoms with Crippen LogP contribution in [0.15, 0.2) is 87.5 Å². The van der Waals surface area contributed by atoms with Crippen molar-refractivity contribution in [1.29, 1.82) is 10.5 Å². The molecule has 1 heterocycles. The average molecular weight is 588 g/mol. The van der Waals surface area contributed by atoms with Crippen LogP contribution in [0.3, 0.4) is 0 Å². The summed E-state index contributed by atoms with van der Waals surface area (Å²) in [6.07, 6.45) is 0. The van der Waals surface area contributed by atoms with E-state index in [1.807, 2.05) is 12.1 Å². The number of carbonyl (C=O) groups excluding carboxylic acids is 1. The first-order valence-electron chi connectivity index (χ1n) is 11.1. The Hall–Kier alpha value is -3.95. The summed E-state index contributed by atoms with van der Waals surface area (Å²) in [6.45, 7) is -1.78. The second kappa shape index (κ2) is 10.3. The minimum Gasteiger partial charge on any atom is -0.297 e. The lowest BCUT2D eigenvalue weighted by Crippen LogP contribution is -2.59. The number of halogens is 1. The number of nitrogens with zero attached hydrogens (tertiary/aromatic N) is 3. The Labute approximate surface area is 224 Å². The Kier molecular flexibility index (Phi) is 7.42. The molecule has 4 rings (SSSR count). The molecule has 14 heteroatoms. The lowest BCUT2D eigenvalue weighted by molar-refractivity contribution is -0.119. The molecular weight excluding hydrogens is 569 g/mol. The first-order valence-corrected chi connectivity index (χ1v) is 15.6. The van der Waals surface area contributed by atoms with Gasteiger partial charge in [-0.1, -0.05) is 0 Å². The molecule has 0 spiro atoms. The first kappa shape index (κ1) is 28.1. The van der Waals surface area contributed by atoms with Gasteiger partial charge in [-0.05, 0) is 72.8 Å². The van der Waals surface area contributed by atoms with Crippen LogP contribution in [0.4, 0.5) is 4.39 Å². The topological polar surface area (TPSA) is 170 Å². The third-order valence-corrected chi connectivity index (χ3v) is 12.2. The number of carbonyl (C=O) groups is 1. The van der Waals surface area contributed by atoms with E-state index in [0.29, 0.717) is 4.31 Å². The number of hydrogen-bond acceptors (Lipinski definition) is 9. The van der Waals surface area contributed by atoms with E-state index in [2.05, 4.69) is 0 Å². The Morgan fingerprint density at radius 2 is 1.00 bits per heavy atom. The normalized spacial score (nSPS) is 18.7. The van der Waals surface area contributed by atoms with Gasteiger partial charge in [-0.15, -0.1) is 0 Å². The van der Waals surface area contributed by atoms with Gasteiger partial charge in [0.15, 0.2) is 25.5 Å². The Bertz CT molecular complexity index is 1740. The Morgan fingerprint density at radius 1 is 0.641 bits per heavy atom. The largest absolute Gasteiger partial charge is 0.297 e. The summed E-state index contributed by atoms with van der Waals surface area (Å²) in [5.41, 5.74) is 0.261. The van der Waals surface area contributed by atoms with E-state index in [-0.39, 0.29) is 11.1 Å². The summed E-state index contributed by atoms with van der Waals surface area (Å²) >= 11 is 0. The summed E-state index contributed by atoms with van der Waals surface area (Å²) in [4.78, 5) is 12.3. The molecular formula is C25H18FN3O7S3. The summed E-state index contributed by atoms with van der Waals surface area (Å²) < 4.78 is 95.0. The van der Waals surface area contributed by atoms with Crippen molar-refractivity contribution in [3.8, 4) is 12.1 Å². The van der Waals surface area contributed by atoms with Gasteiger partial charge in [0.25, 0.3) is 0 Å². The van der Waals surface area contributed by atoms with Crippen molar-refractivity contribution < 1.29 is 34.4 Å². The van der Waals surface area contributed by atoms with Crippen LogP contribution in [0, 0.1) is 28.5 Å². The number of piperidine rings is 1. The molecule has 39 heavy (non-hydrogen) atoms. The van der Waals surface area contributed by atoms with Gasteiger partial charge in [0.05, 0.1) is 38.0 Å². The lowest BCUT2D eigenvalue weighted by Gasteiger charge is -2.35. The monoisotopic (exact) mass is 587 g/mol. The molecule has 3 aromatic rings. The third-order valence-electron chi connectivity index (χ3n) is 6.20. The highest BCUT2D eigenvalue weighted by molar-refractivity contribution is 7.95. The Balaban J connectivity index is 1.85. The Morgan fingerprint density at radius 3 is 1.36 bits per heavy atom. The van der Waals surface area contributed by atoms with E-state index in [9.17, 15) is 34.4 Å². The number of benzene rings is 3. The third kappa shape index (κ3) is 5.20. The zero-order valence-corrected chi connectivity index (χ0v) is 22.2. The fourth-order valence-corrected chi connectivity index (χ4v) is 9.18. The van der Waals surface area contributed by atoms with Crippen molar-refractivity contribution in [3.05, 3.63) is 89.7 Å². The van der Waals surface area contributed by atoms with E-state index < -0.39 is 79.6 Å². The van der Waals surface area contributed by atoms with Crippen molar-refractivity contribution in [2.24, 2.45) is 0 Å². The molecule has 0 aliphatic carbocycles. The summed E-state index contributed by atoms with van der Waals surface area (Å²) in [7, 11) is -13.8. The zero-order valence-electron chi connectivity index (χ0n) is 19.8. The lowest BCUT2D eigenvalue weighted by atomic mass is 10.1. The molecule has 1 fully saturated rings. The molecule has 1 aliphatic heterocycles. The van der Waals surface area contributed by atoms with Crippen molar-refractivity contribution in [3.63, 3.8) is 0 Å². The number of hydrogen-bond donors (Lipinski definition) is 0. The van der Waals surface area contributed by atoms with E-state index >= 15 is 0 Å². The molecule has 3 aromatic carbocycles. The summed E-state index contributed by atoms with van der Waals surface area (Å²) in [6, 6.07) is 16.3. The van der Waals surface area contributed by atoms with Gasteiger partial charge >= 0.3 is 0 Å². The first-order chi connectivity index (χ1) is 18.3. The van der Waals surface area contributed by atoms with Crippen LogP contribution >= 0.6 is 0 Å². The molecule has 200 valence electrons. The van der Waals surface area contributed by atoms with Crippen molar-refractivity contribution in [2.45, 2.75) is 25.2 Å². The second-order valence-electron chi connectivity index (χ2n) is 8.52. The number of rotatable bonds is 6. The smallest absolute Gasteiger partial charge is 0.243 e. The van der Waals surface area contributed by atoms with Crippen LogP contribution in [0.2, 0.25) is 0 Å². The molecule has 0 radical (unpaired) electrons. The van der Waals surface area contributed by atoms with Crippen LogP contribution in [-0.2, 0) is 34.5 Å². The molecule has 2 unspecified atom stereocenters. The molecule has 0 bridgehead atoms. The molecule has 0 aromatic heterocycles.